The maximum Gasteiger partial charge on any atom is 0.107 e. The molecule has 0 aromatic carbocycles. The lowest BCUT2D eigenvalue weighted by Gasteiger charge is -2.31. The molecule has 1 fully saturated rings. The molecule has 0 radical (unpaired) electrons. The minimum absolute atomic E-state index is 0.543. The molecule has 0 aliphatic carbocycles. The van der Waals surface area contributed by atoms with Gasteiger partial charge in [-0.2, -0.15) is 0 Å². The van der Waals surface area contributed by atoms with Crippen molar-refractivity contribution in [3.63, 3.8) is 0 Å². The summed E-state index contributed by atoms with van der Waals surface area (Å²) in [6, 6.07) is 4.19. The zero-order valence-electron chi connectivity index (χ0n) is 11.4. The molecule has 0 amide bonds. The van der Waals surface area contributed by atoms with Crippen molar-refractivity contribution in [2.75, 3.05) is 19.6 Å². The normalized spacial score (nSPS) is 23.8. The Kier molecular flexibility index (Phi) is 4.27. The number of furan rings is 1. The van der Waals surface area contributed by atoms with E-state index in [1.165, 1.54) is 38.9 Å². The van der Waals surface area contributed by atoms with Crippen molar-refractivity contribution < 1.29 is 4.42 Å². The third-order valence-electron chi connectivity index (χ3n) is 3.87. The summed E-state index contributed by atoms with van der Waals surface area (Å²) < 4.78 is 5.69. The average Bonchev–Trinajstić information content (AvgIpc) is 2.73. The van der Waals surface area contributed by atoms with E-state index in [2.05, 4.69) is 30.9 Å². The topological polar surface area (TPSA) is 16.4 Å². The second-order valence-corrected chi connectivity index (χ2v) is 5.69. The van der Waals surface area contributed by atoms with Crippen LogP contribution in [-0.4, -0.2) is 24.5 Å². The smallest absolute Gasteiger partial charge is 0.107 e. The molecule has 0 bridgehead atoms. The fraction of sp³-hybridized carbons (Fsp3) is 0.733. The Morgan fingerprint density at radius 2 is 2.29 bits per heavy atom. The summed E-state index contributed by atoms with van der Waals surface area (Å²) in [4.78, 5) is 2.61. The van der Waals surface area contributed by atoms with E-state index >= 15 is 0 Å². The van der Waals surface area contributed by atoms with Crippen molar-refractivity contribution in [1.29, 1.82) is 0 Å². The summed E-state index contributed by atoms with van der Waals surface area (Å²) in [5, 5.41) is 0. The van der Waals surface area contributed by atoms with Crippen LogP contribution in [-0.2, 0) is 0 Å². The summed E-state index contributed by atoms with van der Waals surface area (Å²) in [5.74, 6) is 3.59. The Labute approximate surface area is 105 Å². The van der Waals surface area contributed by atoms with Gasteiger partial charge in [0.25, 0.3) is 0 Å². The molecule has 0 spiro atoms. The summed E-state index contributed by atoms with van der Waals surface area (Å²) in [6.45, 7) is 10.4. The molecule has 2 heterocycles. The molecule has 1 saturated heterocycles. The highest BCUT2D eigenvalue weighted by Gasteiger charge is 2.17. The van der Waals surface area contributed by atoms with Crippen molar-refractivity contribution in [3.05, 3.63) is 23.7 Å². The summed E-state index contributed by atoms with van der Waals surface area (Å²) >= 11 is 0. The lowest BCUT2D eigenvalue weighted by atomic mass is 9.99. The average molecular weight is 235 g/mol. The number of rotatable bonds is 4. The summed E-state index contributed by atoms with van der Waals surface area (Å²) in [6.07, 6.45) is 3.98. The van der Waals surface area contributed by atoms with Crippen LogP contribution in [0.1, 0.15) is 50.5 Å². The van der Waals surface area contributed by atoms with E-state index in [9.17, 15) is 0 Å². The van der Waals surface area contributed by atoms with Gasteiger partial charge in [-0.15, -0.1) is 0 Å². The molecule has 2 heteroatoms. The number of piperidine rings is 1. The summed E-state index contributed by atoms with van der Waals surface area (Å²) in [7, 11) is 0. The van der Waals surface area contributed by atoms with Gasteiger partial charge in [-0.25, -0.2) is 0 Å². The largest absolute Gasteiger partial charge is 0.466 e. The fourth-order valence-corrected chi connectivity index (χ4v) is 2.73. The third kappa shape index (κ3) is 3.60. The lowest BCUT2D eigenvalue weighted by molar-refractivity contribution is 0.177. The zero-order chi connectivity index (χ0) is 12.3. The standard InChI is InChI=1S/C15H25NO/c1-12-5-4-9-16(11-12)10-8-13(2)15-7-6-14(3)17-15/h6-7,12-13H,4-5,8-11H2,1-3H3/t12-,13+/m1/s1. The van der Waals surface area contributed by atoms with E-state index in [0.717, 1.165) is 17.4 Å². The Hall–Kier alpha value is -0.760. The zero-order valence-corrected chi connectivity index (χ0v) is 11.4. The van der Waals surface area contributed by atoms with E-state index in [1.807, 2.05) is 6.92 Å². The van der Waals surface area contributed by atoms with Gasteiger partial charge in [-0.1, -0.05) is 13.8 Å². The van der Waals surface area contributed by atoms with Gasteiger partial charge in [0.15, 0.2) is 0 Å². The molecule has 0 saturated carbocycles. The molecular weight excluding hydrogens is 210 g/mol. The lowest BCUT2D eigenvalue weighted by Crippen LogP contribution is -2.35. The molecule has 0 N–H and O–H groups in total. The predicted molar refractivity (Wildman–Crippen MR) is 71.3 cm³/mol. The predicted octanol–water partition coefficient (Wildman–Crippen LogP) is 3.81. The molecule has 2 atom stereocenters. The molecule has 96 valence electrons. The van der Waals surface area contributed by atoms with E-state index < -0.39 is 0 Å². The quantitative estimate of drug-likeness (QED) is 0.789. The SMILES string of the molecule is Cc1ccc([C@@H](C)CCN2CCC[C@@H](C)C2)o1. The minimum atomic E-state index is 0.543. The van der Waals surface area contributed by atoms with E-state index in [1.54, 1.807) is 0 Å². The van der Waals surface area contributed by atoms with Gasteiger partial charge in [-0.3, -0.25) is 0 Å². The van der Waals surface area contributed by atoms with Crippen LogP contribution in [0.4, 0.5) is 0 Å². The first-order chi connectivity index (χ1) is 8.15. The molecule has 1 aromatic heterocycles. The third-order valence-corrected chi connectivity index (χ3v) is 3.87. The van der Waals surface area contributed by atoms with Crippen molar-refractivity contribution in [3.8, 4) is 0 Å². The van der Waals surface area contributed by atoms with Crippen LogP contribution in [0.15, 0.2) is 16.5 Å². The molecule has 0 unspecified atom stereocenters. The Balaban J connectivity index is 1.77. The van der Waals surface area contributed by atoms with Crippen LogP contribution >= 0.6 is 0 Å². The maximum atomic E-state index is 5.69. The first-order valence-corrected chi connectivity index (χ1v) is 6.94. The number of hydrogen-bond acceptors (Lipinski definition) is 2. The highest BCUT2D eigenvalue weighted by Crippen LogP contribution is 2.23. The van der Waals surface area contributed by atoms with E-state index in [4.69, 9.17) is 4.42 Å². The first-order valence-electron chi connectivity index (χ1n) is 6.94. The molecule has 1 aliphatic heterocycles. The Morgan fingerprint density at radius 3 is 2.94 bits per heavy atom. The maximum absolute atomic E-state index is 5.69. The Morgan fingerprint density at radius 1 is 1.47 bits per heavy atom. The fourth-order valence-electron chi connectivity index (χ4n) is 2.73. The molecule has 1 aromatic rings. The number of nitrogens with zero attached hydrogens (tertiary/aromatic N) is 1. The molecule has 2 rings (SSSR count). The van der Waals surface area contributed by atoms with Gasteiger partial charge >= 0.3 is 0 Å². The van der Waals surface area contributed by atoms with Crippen LogP contribution in [0.5, 0.6) is 0 Å². The van der Waals surface area contributed by atoms with Crippen molar-refractivity contribution in [1.82, 2.24) is 4.90 Å². The molecule has 17 heavy (non-hydrogen) atoms. The van der Waals surface area contributed by atoms with Gasteiger partial charge in [0.1, 0.15) is 11.5 Å². The minimum Gasteiger partial charge on any atom is -0.466 e. The number of aryl methyl sites for hydroxylation is 1. The number of hydrogen-bond donors (Lipinski definition) is 0. The monoisotopic (exact) mass is 235 g/mol. The van der Waals surface area contributed by atoms with Gasteiger partial charge < -0.3 is 9.32 Å². The molecule has 1 aliphatic rings. The van der Waals surface area contributed by atoms with Gasteiger partial charge in [0, 0.05) is 12.5 Å². The first kappa shape index (κ1) is 12.7. The van der Waals surface area contributed by atoms with Crippen molar-refractivity contribution >= 4 is 0 Å². The van der Waals surface area contributed by atoms with Crippen LogP contribution in [0.2, 0.25) is 0 Å². The second-order valence-electron chi connectivity index (χ2n) is 5.69. The van der Waals surface area contributed by atoms with Crippen LogP contribution in [0.3, 0.4) is 0 Å². The van der Waals surface area contributed by atoms with E-state index in [0.29, 0.717) is 5.92 Å². The highest BCUT2D eigenvalue weighted by molar-refractivity contribution is 5.09. The van der Waals surface area contributed by atoms with Gasteiger partial charge in [-0.05, 0) is 57.3 Å². The van der Waals surface area contributed by atoms with Crippen LogP contribution in [0, 0.1) is 12.8 Å². The summed E-state index contributed by atoms with van der Waals surface area (Å²) in [5.41, 5.74) is 0. The molecular formula is C15H25NO. The van der Waals surface area contributed by atoms with Crippen LogP contribution in [0.25, 0.3) is 0 Å². The second kappa shape index (κ2) is 5.72. The van der Waals surface area contributed by atoms with Crippen molar-refractivity contribution in [2.24, 2.45) is 5.92 Å². The van der Waals surface area contributed by atoms with E-state index in [-0.39, 0.29) is 0 Å². The molecule has 2 nitrogen and oxygen atoms in total. The van der Waals surface area contributed by atoms with Crippen LogP contribution < -0.4 is 0 Å². The highest BCUT2D eigenvalue weighted by atomic mass is 16.3. The Bertz CT molecular complexity index is 344. The number of likely N-dealkylation sites (tertiary alicyclic amines) is 1. The van der Waals surface area contributed by atoms with Gasteiger partial charge in [0.05, 0.1) is 0 Å². The van der Waals surface area contributed by atoms with Crippen molar-refractivity contribution in [2.45, 2.75) is 46.0 Å². The van der Waals surface area contributed by atoms with Gasteiger partial charge in [0.2, 0.25) is 0 Å².